The zero-order valence-electron chi connectivity index (χ0n) is 17.8. The molecule has 1 aliphatic rings. The van der Waals surface area contributed by atoms with Gasteiger partial charge >= 0.3 is 5.97 Å². The van der Waals surface area contributed by atoms with Gasteiger partial charge in [0.2, 0.25) is 0 Å². The fourth-order valence-electron chi connectivity index (χ4n) is 4.98. The molecule has 0 radical (unpaired) electrons. The first kappa shape index (κ1) is 21.7. The molecule has 1 aromatic carbocycles. The Hall–Kier alpha value is -1.59. The molecule has 1 aromatic rings. The molecule has 0 saturated carbocycles. The van der Waals surface area contributed by atoms with Crippen molar-refractivity contribution in [2.45, 2.75) is 97.6 Å². The fourth-order valence-corrected chi connectivity index (χ4v) is 4.98. The molecule has 1 aliphatic heterocycles. The topological polar surface area (TPSA) is 70.0 Å². The summed E-state index contributed by atoms with van der Waals surface area (Å²) in [5.74, 6) is 0.121. The SMILES string of the molecule is Cc1cc(CCC(=O)OC2CC(C)(C)N(C(C)O)C(C)(C)C2)cc(C)c1O. The Morgan fingerprint density at radius 2 is 1.67 bits per heavy atom. The second-order valence-electron chi connectivity index (χ2n) is 9.23. The second kappa shape index (κ2) is 7.80. The van der Waals surface area contributed by atoms with Gasteiger partial charge in [0.1, 0.15) is 18.1 Å². The highest BCUT2D eigenvalue weighted by atomic mass is 16.5. The summed E-state index contributed by atoms with van der Waals surface area (Å²) in [4.78, 5) is 14.5. The zero-order valence-corrected chi connectivity index (χ0v) is 17.8. The summed E-state index contributed by atoms with van der Waals surface area (Å²) in [5.41, 5.74) is 2.17. The minimum absolute atomic E-state index is 0.152. The number of carbonyl (C=O) groups is 1. The number of carbonyl (C=O) groups excluding carboxylic acids is 1. The predicted molar refractivity (Wildman–Crippen MR) is 107 cm³/mol. The first-order valence-corrected chi connectivity index (χ1v) is 9.79. The highest BCUT2D eigenvalue weighted by molar-refractivity contribution is 5.70. The Labute approximate surface area is 163 Å². The number of esters is 1. The average Bonchev–Trinajstić information content (AvgIpc) is 2.47. The van der Waals surface area contributed by atoms with Crippen molar-refractivity contribution in [3.05, 3.63) is 28.8 Å². The first-order valence-electron chi connectivity index (χ1n) is 9.79. The van der Waals surface area contributed by atoms with Gasteiger partial charge in [-0.3, -0.25) is 9.69 Å². The summed E-state index contributed by atoms with van der Waals surface area (Å²) in [7, 11) is 0. The van der Waals surface area contributed by atoms with Crippen LogP contribution in [0.4, 0.5) is 0 Å². The lowest BCUT2D eigenvalue weighted by molar-refractivity contribution is -0.177. The number of ether oxygens (including phenoxy) is 1. The lowest BCUT2D eigenvalue weighted by Crippen LogP contribution is -2.65. The number of aliphatic hydroxyl groups excluding tert-OH is 1. The number of hydrogen-bond acceptors (Lipinski definition) is 5. The Morgan fingerprint density at radius 3 is 2.11 bits per heavy atom. The molecule has 5 heteroatoms. The van der Waals surface area contributed by atoms with E-state index in [1.165, 1.54) is 0 Å². The van der Waals surface area contributed by atoms with E-state index in [-0.39, 0.29) is 23.2 Å². The van der Waals surface area contributed by atoms with Crippen LogP contribution in [0.1, 0.15) is 70.6 Å². The summed E-state index contributed by atoms with van der Waals surface area (Å²) < 4.78 is 5.80. The highest BCUT2D eigenvalue weighted by Gasteiger charge is 2.48. The summed E-state index contributed by atoms with van der Waals surface area (Å²) in [6.45, 7) is 13.9. The predicted octanol–water partition coefficient (Wildman–Crippen LogP) is 3.84. The van der Waals surface area contributed by atoms with E-state index in [1.54, 1.807) is 6.92 Å². The van der Waals surface area contributed by atoms with Gasteiger partial charge in [0, 0.05) is 30.3 Å². The van der Waals surface area contributed by atoms with Crippen LogP contribution in [0.25, 0.3) is 0 Å². The van der Waals surface area contributed by atoms with Crippen LogP contribution in [0.3, 0.4) is 0 Å². The van der Waals surface area contributed by atoms with Gasteiger partial charge in [0.15, 0.2) is 0 Å². The van der Waals surface area contributed by atoms with Crippen LogP contribution in [0.15, 0.2) is 12.1 Å². The molecule has 1 unspecified atom stereocenters. The summed E-state index contributed by atoms with van der Waals surface area (Å²) in [6.07, 6.45) is 1.62. The average molecular weight is 378 g/mol. The minimum atomic E-state index is -0.548. The molecule has 2 rings (SSSR count). The van der Waals surface area contributed by atoms with Crippen LogP contribution >= 0.6 is 0 Å². The van der Waals surface area contributed by atoms with Gasteiger partial charge in [0.05, 0.1) is 0 Å². The molecule has 1 fully saturated rings. The molecule has 0 aromatic heterocycles. The number of piperidine rings is 1. The molecule has 0 bridgehead atoms. The maximum atomic E-state index is 12.4. The van der Waals surface area contributed by atoms with Crippen molar-refractivity contribution in [1.82, 2.24) is 4.90 Å². The van der Waals surface area contributed by atoms with Gasteiger partial charge in [-0.1, -0.05) is 12.1 Å². The van der Waals surface area contributed by atoms with Crippen LogP contribution in [-0.2, 0) is 16.0 Å². The van der Waals surface area contributed by atoms with E-state index in [2.05, 4.69) is 32.6 Å². The van der Waals surface area contributed by atoms with Crippen molar-refractivity contribution in [2.24, 2.45) is 0 Å². The normalized spacial score (nSPS) is 21.0. The molecule has 0 aliphatic carbocycles. The third-order valence-corrected chi connectivity index (χ3v) is 5.60. The number of benzene rings is 1. The van der Waals surface area contributed by atoms with Crippen LogP contribution in [0.5, 0.6) is 5.75 Å². The van der Waals surface area contributed by atoms with Gasteiger partial charge in [-0.15, -0.1) is 0 Å². The van der Waals surface area contributed by atoms with E-state index >= 15 is 0 Å². The number of phenolic OH excluding ortho intramolecular Hbond substituents is 1. The molecule has 1 saturated heterocycles. The lowest BCUT2D eigenvalue weighted by Gasteiger charge is -2.56. The molecule has 0 spiro atoms. The standard InChI is InChI=1S/C22H35NO4/c1-14-10-17(11-15(2)20(14)26)8-9-19(25)27-18-12-21(4,5)23(16(3)24)22(6,7)13-18/h10-11,16,18,24,26H,8-9,12-13H2,1-7H3. The van der Waals surface area contributed by atoms with E-state index in [4.69, 9.17) is 4.74 Å². The number of aliphatic hydroxyl groups is 1. The largest absolute Gasteiger partial charge is 0.507 e. The van der Waals surface area contributed by atoms with E-state index < -0.39 is 6.23 Å². The second-order valence-corrected chi connectivity index (χ2v) is 9.23. The first-order chi connectivity index (χ1) is 12.3. The van der Waals surface area contributed by atoms with Gasteiger partial charge in [-0.2, -0.15) is 0 Å². The van der Waals surface area contributed by atoms with Gasteiger partial charge in [-0.25, -0.2) is 0 Å². The maximum Gasteiger partial charge on any atom is 0.306 e. The number of aryl methyl sites for hydroxylation is 3. The lowest BCUT2D eigenvalue weighted by atomic mass is 9.78. The Balaban J connectivity index is 1.98. The molecular weight excluding hydrogens is 342 g/mol. The number of nitrogens with zero attached hydrogens (tertiary/aromatic N) is 1. The summed E-state index contributed by atoms with van der Waals surface area (Å²) >= 11 is 0. The number of aromatic hydroxyl groups is 1. The molecule has 1 atom stereocenters. The molecule has 2 N–H and O–H groups in total. The Morgan fingerprint density at radius 1 is 1.19 bits per heavy atom. The van der Waals surface area contributed by atoms with Crippen LogP contribution in [0, 0.1) is 13.8 Å². The maximum absolute atomic E-state index is 12.4. The highest BCUT2D eigenvalue weighted by Crippen LogP contribution is 2.40. The zero-order chi connectivity index (χ0) is 20.6. The monoisotopic (exact) mass is 377 g/mol. The van der Waals surface area contributed by atoms with E-state index in [0.717, 1.165) is 16.7 Å². The van der Waals surface area contributed by atoms with Crippen molar-refractivity contribution >= 4 is 5.97 Å². The quantitative estimate of drug-likeness (QED) is 0.763. The number of phenols is 1. The Bertz CT molecular complexity index is 653. The molecule has 152 valence electrons. The molecule has 0 amide bonds. The van der Waals surface area contributed by atoms with E-state index in [0.29, 0.717) is 31.4 Å². The van der Waals surface area contributed by atoms with Crippen molar-refractivity contribution in [2.75, 3.05) is 0 Å². The van der Waals surface area contributed by atoms with Crippen molar-refractivity contribution < 1.29 is 19.7 Å². The summed E-state index contributed by atoms with van der Waals surface area (Å²) in [6, 6.07) is 3.84. The fraction of sp³-hybridized carbons (Fsp3) is 0.682. The molecular formula is C22H35NO4. The van der Waals surface area contributed by atoms with Crippen molar-refractivity contribution in [1.29, 1.82) is 0 Å². The molecule has 27 heavy (non-hydrogen) atoms. The van der Waals surface area contributed by atoms with Crippen LogP contribution in [0.2, 0.25) is 0 Å². The number of rotatable bonds is 5. The van der Waals surface area contributed by atoms with E-state index in [1.807, 2.05) is 26.0 Å². The van der Waals surface area contributed by atoms with Gasteiger partial charge in [0.25, 0.3) is 0 Å². The smallest absolute Gasteiger partial charge is 0.306 e. The Kier molecular flexibility index (Phi) is 6.27. The molecule has 1 heterocycles. The summed E-state index contributed by atoms with van der Waals surface area (Å²) in [5, 5.41) is 20.1. The van der Waals surface area contributed by atoms with Crippen LogP contribution < -0.4 is 0 Å². The van der Waals surface area contributed by atoms with Gasteiger partial charge < -0.3 is 14.9 Å². The van der Waals surface area contributed by atoms with Crippen LogP contribution in [-0.4, -0.2) is 44.5 Å². The van der Waals surface area contributed by atoms with Crippen molar-refractivity contribution in [3.63, 3.8) is 0 Å². The third kappa shape index (κ3) is 5.02. The number of hydrogen-bond donors (Lipinski definition) is 2. The third-order valence-electron chi connectivity index (χ3n) is 5.60. The number of likely N-dealkylation sites (tertiary alicyclic amines) is 1. The minimum Gasteiger partial charge on any atom is -0.507 e. The van der Waals surface area contributed by atoms with Gasteiger partial charge in [-0.05, 0) is 71.6 Å². The van der Waals surface area contributed by atoms with E-state index in [9.17, 15) is 15.0 Å². The van der Waals surface area contributed by atoms with Crippen molar-refractivity contribution in [3.8, 4) is 5.75 Å². The molecule has 5 nitrogen and oxygen atoms in total.